The SMILES string of the molecule is Cc1cc(C)cc(NC(=O)Cn2cc(NS(C)(=O)=O)nn2)c1. The first-order valence-electron chi connectivity index (χ1n) is 6.47. The lowest BCUT2D eigenvalue weighted by Crippen LogP contribution is -2.19. The number of nitrogens with zero attached hydrogens (tertiary/aromatic N) is 3. The molecule has 0 radical (unpaired) electrons. The molecule has 1 aromatic carbocycles. The van der Waals surface area contributed by atoms with Crippen LogP contribution in [0.1, 0.15) is 11.1 Å². The second-order valence-electron chi connectivity index (χ2n) is 5.10. The predicted octanol–water partition coefficient (Wildman–Crippen LogP) is 0.905. The van der Waals surface area contributed by atoms with E-state index in [4.69, 9.17) is 0 Å². The number of amides is 1. The second-order valence-corrected chi connectivity index (χ2v) is 6.85. The van der Waals surface area contributed by atoms with Gasteiger partial charge in [0.2, 0.25) is 15.9 Å². The minimum atomic E-state index is -3.42. The van der Waals surface area contributed by atoms with E-state index < -0.39 is 10.0 Å². The summed E-state index contributed by atoms with van der Waals surface area (Å²) < 4.78 is 25.6. The summed E-state index contributed by atoms with van der Waals surface area (Å²) >= 11 is 0. The summed E-state index contributed by atoms with van der Waals surface area (Å²) in [6, 6.07) is 5.74. The molecule has 22 heavy (non-hydrogen) atoms. The summed E-state index contributed by atoms with van der Waals surface area (Å²) in [5.74, 6) is -0.206. The number of sulfonamides is 1. The van der Waals surface area contributed by atoms with Gasteiger partial charge in [-0.2, -0.15) is 0 Å². The molecule has 8 nitrogen and oxygen atoms in total. The van der Waals surface area contributed by atoms with Crippen LogP contribution in [0.3, 0.4) is 0 Å². The molecule has 9 heteroatoms. The Labute approximate surface area is 128 Å². The van der Waals surface area contributed by atoms with Gasteiger partial charge in [0.25, 0.3) is 0 Å². The van der Waals surface area contributed by atoms with Gasteiger partial charge in [-0.1, -0.05) is 11.3 Å². The number of aromatic nitrogens is 3. The Balaban J connectivity index is 2.00. The Hall–Kier alpha value is -2.42. The van der Waals surface area contributed by atoms with Gasteiger partial charge in [-0.3, -0.25) is 9.52 Å². The first kappa shape index (κ1) is 16.0. The molecule has 2 N–H and O–H groups in total. The summed E-state index contributed by atoms with van der Waals surface area (Å²) in [6.07, 6.45) is 2.36. The first-order valence-corrected chi connectivity index (χ1v) is 8.36. The van der Waals surface area contributed by atoms with Crippen molar-refractivity contribution in [2.45, 2.75) is 20.4 Å². The quantitative estimate of drug-likeness (QED) is 0.850. The summed E-state index contributed by atoms with van der Waals surface area (Å²) in [4.78, 5) is 12.0. The third-order valence-electron chi connectivity index (χ3n) is 2.64. The summed E-state index contributed by atoms with van der Waals surface area (Å²) in [7, 11) is -3.42. The highest BCUT2D eigenvalue weighted by molar-refractivity contribution is 7.92. The van der Waals surface area contributed by atoms with Crippen molar-refractivity contribution in [2.75, 3.05) is 16.3 Å². The smallest absolute Gasteiger partial charge is 0.246 e. The lowest BCUT2D eigenvalue weighted by atomic mass is 10.1. The molecular weight excluding hydrogens is 306 g/mol. The highest BCUT2D eigenvalue weighted by Gasteiger charge is 2.09. The van der Waals surface area contributed by atoms with Gasteiger partial charge in [0, 0.05) is 5.69 Å². The average molecular weight is 323 g/mol. The molecule has 118 valence electrons. The third kappa shape index (κ3) is 4.85. The number of nitrogens with one attached hydrogen (secondary N) is 2. The largest absolute Gasteiger partial charge is 0.324 e. The number of aryl methyl sites for hydroxylation is 2. The lowest BCUT2D eigenvalue weighted by Gasteiger charge is -2.07. The zero-order valence-electron chi connectivity index (χ0n) is 12.5. The molecule has 0 aliphatic heterocycles. The van der Waals surface area contributed by atoms with Crippen LogP contribution in [0, 0.1) is 13.8 Å². The number of anilines is 2. The summed E-state index contributed by atoms with van der Waals surface area (Å²) in [5, 5.41) is 10.1. The van der Waals surface area contributed by atoms with Crippen molar-refractivity contribution in [3.8, 4) is 0 Å². The van der Waals surface area contributed by atoms with Gasteiger partial charge < -0.3 is 5.32 Å². The van der Waals surface area contributed by atoms with E-state index in [1.165, 1.54) is 10.9 Å². The van der Waals surface area contributed by atoms with Gasteiger partial charge in [-0.25, -0.2) is 13.1 Å². The zero-order valence-corrected chi connectivity index (χ0v) is 13.3. The lowest BCUT2D eigenvalue weighted by molar-refractivity contribution is -0.116. The van der Waals surface area contributed by atoms with E-state index in [1.54, 1.807) is 0 Å². The Bertz CT molecular complexity index is 778. The van der Waals surface area contributed by atoms with E-state index in [9.17, 15) is 13.2 Å². The molecule has 2 aromatic rings. The average Bonchev–Trinajstić information content (AvgIpc) is 2.71. The maximum atomic E-state index is 12.0. The van der Waals surface area contributed by atoms with Crippen LogP contribution < -0.4 is 10.0 Å². The second kappa shape index (κ2) is 6.14. The van der Waals surface area contributed by atoms with Crippen molar-refractivity contribution in [1.82, 2.24) is 15.0 Å². The third-order valence-corrected chi connectivity index (χ3v) is 3.22. The summed E-state index contributed by atoms with van der Waals surface area (Å²) in [6.45, 7) is 3.83. The van der Waals surface area contributed by atoms with Crippen molar-refractivity contribution in [3.63, 3.8) is 0 Å². The first-order chi connectivity index (χ1) is 10.2. The van der Waals surface area contributed by atoms with Crippen LogP contribution in [0.4, 0.5) is 11.5 Å². The van der Waals surface area contributed by atoms with Crippen molar-refractivity contribution in [3.05, 3.63) is 35.5 Å². The number of hydrogen-bond acceptors (Lipinski definition) is 5. The van der Waals surface area contributed by atoms with Crippen molar-refractivity contribution in [2.24, 2.45) is 0 Å². The molecule has 1 amide bonds. The molecule has 0 unspecified atom stereocenters. The summed E-state index contributed by atoms with van der Waals surface area (Å²) in [5.41, 5.74) is 2.81. The van der Waals surface area contributed by atoms with Gasteiger partial charge >= 0.3 is 0 Å². The monoisotopic (exact) mass is 323 g/mol. The molecule has 0 atom stereocenters. The van der Waals surface area contributed by atoms with Gasteiger partial charge in [-0.15, -0.1) is 5.10 Å². The predicted molar refractivity (Wildman–Crippen MR) is 83.0 cm³/mol. The Kier molecular flexibility index (Phi) is 4.45. The van der Waals surface area contributed by atoms with Crippen molar-refractivity contribution >= 4 is 27.4 Å². The molecule has 1 heterocycles. The topological polar surface area (TPSA) is 106 Å². The van der Waals surface area contributed by atoms with E-state index in [0.29, 0.717) is 5.69 Å². The van der Waals surface area contributed by atoms with Crippen LogP contribution in [0.25, 0.3) is 0 Å². The Morgan fingerprint density at radius 1 is 1.23 bits per heavy atom. The standard InChI is InChI=1S/C13H17N5O3S/c1-9-4-10(2)6-11(5-9)14-13(19)8-18-7-12(15-17-18)16-22(3,20)21/h4-7,16H,8H2,1-3H3,(H,14,19). The Morgan fingerprint density at radius 3 is 2.45 bits per heavy atom. The molecule has 0 aliphatic rings. The van der Waals surface area contributed by atoms with Crippen LogP contribution in [0.2, 0.25) is 0 Å². The molecule has 0 fully saturated rings. The van der Waals surface area contributed by atoms with Crippen molar-refractivity contribution in [1.29, 1.82) is 0 Å². The maximum Gasteiger partial charge on any atom is 0.246 e. The molecule has 0 bridgehead atoms. The van der Waals surface area contributed by atoms with Crippen LogP contribution >= 0.6 is 0 Å². The number of carbonyl (C=O) groups excluding carboxylic acids is 1. The Morgan fingerprint density at radius 2 is 1.86 bits per heavy atom. The van der Waals surface area contributed by atoms with Crippen LogP contribution in [0.5, 0.6) is 0 Å². The minimum Gasteiger partial charge on any atom is -0.324 e. The number of rotatable bonds is 5. The van der Waals surface area contributed by atoms with Crippen LogP contribution in [-0.4, -0.2) is 35.6 Å². The highest BCUT2D eigenvalue weighted by Crippen LogP contribution is 2.13. The molecule has 0 aliphatic carbocycles. The highest BCUT2D eigenvalue weighted by atomic mass is 32.2. The van der Waals surface area contributed by atoms with Gasteiger partial charge in [0.1, 0.15) is 6.54 Å². The van der Waals surface area contributed by atoms with E-state index >= 15 is 0 Å². The number of carbonyl (C=O) groups is 1. The zero-order chi connectivity index (χ0) is 16.3. The van der Waals surface area contributed by atoms with Gasteiger partial charge in [-0.05, 0) is 37.1 Å². The minimum absolute atomic E-state index is 0.0641. The van der Waals surface area contributed by atoms with Crippen LogP contribution in [0.15, 0.2) is 24.4 Å². The fraction of sp³-hybridized carbons (Fsp3) is 0.308. The van der Waals surface area contributed by atoms with E-state index in [-0.39, 0.29) is 18.3 Å². The van der Waals surface area contributed by atoms with Gasteiger partial charge in [0.05, 0.1) is 12.5 Å². The van der Waals surface area contributed by atoms with Crippen LogP contribution in [-0.2, 0) is 21.4 Å². The molecule has 0 saturated carbocycles. The number of benzene rings is 1. The molecule has 1 aromatic heterocycles. The fourth-order valence-electron chi connectivity index (χ4n) is 2.01. The number of hydrogen-bond donors (Lipinski definition) is 2. The maximum absolute atomic E-state index is 12.0. The fourth-order valence-corrected chi connectivity index (χ4v) is 2.48. The normalized spacial score (nSPS) is 11.2. The molecule has 0 spiro atoms. The van der Waals surface area contributed by atoms with E-state index in [1.807, 2.05) is 32.0 Å². The van der Waals surface area contributed by atoms with Gasteiger partial charge in [0.15, 0.2) is 5.82 Å². The van der Waals surface area contributed by atoms with Crippen molar-refractivity contribution < 1.29 is 13.2 Å². The molecule has 2 rings (SSSR count). The molecule has 0 saturated heterocycles. The molecular formula is C13H17N5O3S. The van der Waals surface area contributed by atoms with E-state index in [2.05, 4.69) is 20.4 Å². The van der Waals surface area contributed by atoms with E-state index in [0.717, 1.165) is 17.4 Å².